The molecule has 1 aromatic heterocycles. The number of carbonyl (C=O) groups is 1. The Bertz CT molecular complexity index is 493. The van der Waals surface area contributed by atoms with Gasteiger partial charge in [0, 0.05) is 32.2 Å². The van der Waals surface area contributed by atoms with Crippen molar-refractivity contribution in [1.29, 1.82) is 0 Å². The molecule has 0 bridgehead atoms. The normalized spacial score (nSPS) is 14.7. The number of nitrogens with two attached hydrogens (primary N) is 1. The minimum Gasteiger partial charge on any atom is -0.397 e. The summed E-state index contributed by atoms with van der Waals surface area (Å²) in [5.74, 6) is 1.19. The van der Waals surface area contributed by atoms with Crippen LogP contribution in [0.5, 0.6) is 0 Å². The third kappa shape index (κ3) is 4.45. The van der Waals surface area contributed by atoms with E-state index in [0.29, 0.717) is 22.4 Å². The van der Waals surface area contributed by atoms with Crippen LogP contribution < -0.4 is 11.1 Å². The molecule has 1 aliphatic carbocycles. The van der Waals surface area contributed by atoms with Crippen LogP contribution in [0, 0.1) is 5.92 Å². The number of ketones is 1. The van der Waals surface area contributed by atoms with Crippen LogP contribution in [0.3, 0.4) is 0 Å². The van der Waals surface area contributed by atoms with Crippen molar-refractivity contribution in [2.75, 3.05) is 30.8 Å². The van der Waals surface area contributed by atoms with E-state index in [0.717, 1.165) is 31.2 Å². The average Bonchev–Trinajstić information content (AvgIpc) is 3.18. The Hall–Kier alpha value is -1.07. The molecule has 0 unspecified atom stereocenters. The van der Waals surface area contributed by atoms with Crippen molar-refractivity contribution >= 4 is 27.8 Å². The van der Waals surface area contributed by atoms with E-state index in [2.05, 4.69) is 19.2 Å². The molecule has 1 saturated carbocycles. The minimum atomic E-state index is 0.0627. The fraction of sp³-hybridized carbons (Fsp3) is 0.688. The lowest BCUT2D eigenvalue weighted by atomic mass is 10.1. The van der Waals surface area contributed by atoms with Crippen molar-refractivity contribution < 1.29 is 9.53 Å². The second-order valence-electron chi connectivity index (χ2n) is 6.17. The van der Waals surface area contributed by atoms with Crippen LogP contribution in [0.1, 0.15) is 61.2 Å². The van der Waals surface area contributed by atoms with Crippen LogP contribution >= 0.6 is 11.3 Å². The molecule has 0 atom stereocenters. The first kappa shape index (κ1) is 16.3. The predicted octanol–water partition coefficient (Wildman–Crippen LogP) is 3.88. The first-order valence-corrected chi connectivity index (χ1v) is 8.57. The monoisotopic (exact) mass is 310 g/mol. The van der Waals surface area contributed by atoms with E-state index in [1.807, 2.05) is 0 Å². The minimum absolute atomic E-state index is 0.0627. The maximum atomic E-state index is 11.6. The maximum Gasteiger partial charge on any atom is 0.171 e. The lowest BCUT2D eigenvalue weighted by Gasteiger charge is -2.09. The van der Waals surface area contributed by atoms with Crippen LogP contribution in [0.25, 0.3) is 0 Å². The summed E-state index contributed by atoms with van der Waals surface area (Å²) in [7, 11) is 0. The third-order valence-electron chi connectivity index (χ3n) is 3.49. The van der Waals surface area contributed by atoms with Crippen molar-refractivity contribution in [3.8, 4) is 0 Å². The lowest BCUT2D eigenvalue weighted by Crippen LogP contribution is -2.08. The SMILES string of the molecule is CC(=O)c1sc(NCCCOCC(C)C)c(C2CC2)c1N. The topological polar surface area (TPSA) is 64.3 Å². The van der Waals surface area contributed by atoms with E-state index in [9.17, 15) is 4.79 Å². The number of nitrogens with one attached hydrogen (secondary N) is 1. The van der Waals surface area contributed by atoms with Gasteiger partial charge < -0.3 is 15.8 Å². The van der Waals surface area contributed by atoms with E-state index in [4.69, 9.17) is 10.5 Å². The molecule has 0 saturated heterocycles. The molecular formula is C16H26N2O2S. The standard InChI is InChI=1S/C16H26N2O2S/c1-10(2)9-20-8-4-7-18-16-13(12-5-6-12)14(17)15(21-16)11(3)19/h10,12,18H,4-9,17H2,1-3H3. The van der Waals surface area contributed by atoms with Crippen molar-refractivity contribution in [3.05, 3.63) is 10.4 Å². The summed E-state index contributed by atoms with van der Waals surface area (Å²) in [6.45, 7) is 8.32. The number of Topliss-reactive ketones (excluding diaryl/α,β-unsaturated/α-hetero) is 1. The lowest BCUT2D eigenvalue weighted by molar-refractivity contribution is 0.102. The van der Waals surface area contributed by atoms with Gasteiger partial charge in [0.1, 0.15) is 0 Å². The zero-order valence-electron chi connectivity index (χ0n) is 13.2. The van der Waals surface area contributed by atoms with E-state index in [1.54, 1.807) is 6.92 Å². The zero-order valence-corrected chi connectivity index (χ0v) is 14.0. The summed E-state index contributed by atoms with van der Waals surface area (Å²) in [5, 5.41) is 4.53. The Morgan fingerprint density at radius 2 is 2.19 bits per heavy atom. The molecule has 5 heteroatoms. The Morgan fingerprint density at radius 1 is 1.48 bits per heavy atom. The van der Waals surface area contributed by atoms with Gasteiger partial charge in [0.15, 0.2) is 5.78 Å². The zero-order chi connectivity index (χ0) is 15.4. The summed E-state index contributed by atoms with van der Waals surface area (Å²) >= 11 is 1.50. The molecule has 3 N–H and O–H groups in total. The molecule has 1 aliphatic rings. The first-order chi connectivity index (χ1) is 10.0. The smallest absolute Gasteiger partial charge is 0.171 e. The van der Waals surface area contributed by atoms with E-state index in [-0.39, 0.29) is 5.78 Å². The van der Waals surface area contributed by atoms with Crippen molar-refractivity contribution in [2.24, 2.45) is 5.92 Å². The van der Waals surface area contributed by atoms with Gasteiger partial charge in [0.2, 0.25) is 0 Å². The number of carbonyl (C=O) groups excluding carboxylic acids is 1. The number of hydrogen-bond donors (Lipinski definition) is 2. The summed E-state index contributed by atoms with van der Waals surface area (Å²) in [5.41, 5.74) is 8.03. The number of nitrogen functional groups attached to an aromatic ring is 1. The predicted molar refractivity (Wildman–Crippen MR) is 89.5 cm³/mol. The van der Waals surface area contributed by atoms with E-state index >= 15 is 0 Å². The summed E-state index contributed by atoms with van der Waals surface area (Å²) in [6.07, 6.45) is 3.33. The number of ether oxygens (including phenoxy) is 1. The second kappa shape index (κ2) is 7.27. The average molecular weight is 310 g/mol. The highest BCUT2D eigenvalue weighted by atomic mass is 32.1. The van der Waals surface area contributed by atoms with E-state index < -0.39 is 0 Å². The van der Waals surface area contributed by atoms with Crippen LogP contribution in [-0.2, 0) is 4.74 Å². The maximum absolute atomic E-state index is 11.6. The summed E-state index contributed by atoms with van der Waals surface area (Å²) in [6, 6.07) is 0. The van der Waals surface area contributed by atoms with Gasteiger partial charge in [-0.3, -0.25) is 4.79 Å². The molecule has 0 aliphatic heterocycles. The molecule has 1 fully saturated rings. The summed E-state index contributed by atoms with van der Waals surface area (Å²) in [4.78, 5) is 12.3. The highest BCUT2D eigenvalue weighted by molar-refractivity contribution is 7.18. The molecule has 0 amide bonds. The van der Waals surface area contributed by atoms with Crippen molar-refractivity contribution in [1.82, 2.24) is 0 Å². The molecule has 2 rings (SSSR count). The summed E-state index contributed by atoms with van der Waals surface area (Å²) < 4.78 is 5.57. The fourth-order valence-electron chi connectivity index (χ4n) is 2.32. The van der Waals surface area contributed by atoms with Crippen molar-refractivity contribution in [2.45, 2.75) is 46.0 Å². The highest BCUT2D eigenvalue weighted by Crippen LogP contribution is 2.50. The quantitative estimate of drug-likeness (QED) is 0.536. The van der Waals surface area contributed by atoms with Gasteiger partial charge in [-0.25, -0.2) is 0 Å². The van der Waals surface area contributed by atoms with Crippen LogP contribution in [0.4, 0.5) is 10.7 Å². The largest absolute Gasteiger partial charge is 0.397 e. The number of rotatable bonds is 9. The van der Waals surface area contributed by atoms with Gasteiger partial charge >= 0.3 is 0 Å². The van der Waals surface area contributed by atoms with Gasteiger partial charge in [0.05, 0.1) is 15.6 Å². The van der Waals surface area contributed by atoms with Crippen LogP contribution in [-0.4, -0.2) is 25.5 Å². The highest BCUT2D eigenvalue weighted by Gasteiger charge is 2.32. The Kier molecular flexibility index (Phi) is 5.65. The van der Waals surface area contributed by atoms with Crippen molar-refractivity contribution in [3.63, 3.8) is 0 Å². The first-order valence-electron chi connectivity index (χ1n) is 7.75. The van der Waals surface area contributed by atoms with Gasteiger partial charge in [0.25, 0.3) is 0 Å². The number of anilines is 2. The molecular weight excluding hydrogens is 284 g/mol. The molecule has 21 heavy (non-hydrogen) atoms. The van der Waals surface area contributed by atoms with Crippen LogP contribution in [0.15, 0.2) is 0 Å². The molecule has 0 aromatic carbocycles. The second-order valence-corrected chi connectivity index (χ2v) is 7.19. The molecule has 0 spiro atoms. The molecule has 1 aromatic rings. The van der Waals surface area contributed by atoms with Crippen LogP contribution in [0.2, 0.25) is 0 Å². The van der Waals surface area contributed by atoms with Gasteiger partial charge in [-0.1, -0.05) is 13.8 Å². The Labute approximate surface area is 131 Å². The molecule has 1 heterocycles. The van der Waals surface area contributed by atoms with Gasteiger partial charge in [-0.15, -0.1) is 11.3 Å². The Balaban J connectivity index is 1.87. The number of thiophene rings is 1. The van der Waals surface area contributed by atoms with Gasteiger partial charge in [-0.05, 0) is 31.1 Å². The fourth-order valence-corrected chi connectivity index (χ4v) is 3.45. The molecule has 4 nitrogen and oxygen atoms in total. The third-order valence-corrected chi connectivity index (χ3v) is 4.77. The number of hydrogen-bond acceptors (Lipinski definition) is 5. The molecule has 118 valence electrons. The molecule has 0 radical (unpaired) electrons. The Morgan fingerprint density at radius 3 is 2.76 bits per heavy atom. The van der Waals surface area contributed by atoms with E-state index in [1.165, 1.54) is 29.7 Å². The van der Waals surface area contributed by atoms with Gasteiger partial charge in [-0.2, -0.15) is 0 Å².